The summed E-state index contributed by atoms with van der Waals surface area (Å²) in [6.07, 6.45) is 0. The van der Waals surface area contributed by atoms with Crippen LogP contribution in [-0.2, 0) is 9.05 Å². The van der Waals surface area contributed by atoms with Crippen LogP contribution in [0, 0.1) is 5.82 Å². The van der Waals surface area contributed by atoms with Crippen molar-refractivity contribution in [1.29, 1.82) is 0 Å². The first-order valence-electron chi connectivity index (χ1n) is 3.12. The first-order chi connectivity index (χ1) is 5.43. The highest BCUT2D eigenvalue weighted by molar-refractivity contribution is 8.13. The maximum absolute atomic E-state index is 12.8. The first kappa shape index (κ1) is 9.54. The Morgan fingerprint density at radius 2 is 2.00 bits per heavy atom. The lowest BCUT2D eigenvalue weighted by atomic mass is 9.96. The lowest BCUT2D eigenvalue weighted by Gasteiger charge is -2.01. The molecule has 0 spiro atoms. The highest BCUT2D eigenvalue weighted by Gasteiger charge is 2.14. The average molecular weight is 206 g/mol. The Balaban J connectivity index is 3.47. The Morgan fingerprint density at radius 1 is 1.42 bits per heavy atom. The molecule has 12 heavy (non-hydrogen) atoms. The van der Waals surface area contributed by atoms with E-state index < -0.39 is 14.9 Å². The second-order valence-corrected chi connectivity index (χ2v) is 4.84. The van der Waals surface area contributed by atoms with Gasteiger partial charge < -0.3 is 0 Å². The fourth-order valence-corrected chi connectivity index (χ4v) is 2.06. The van der Waals surface area contributed by atoms with E-state index in [0.29, 0.717) is 0 Å². The first-order valence-corrected chi connectivity index (χ1v) is 5.43. The molecule has 0 bridgehead atoms. The molecule has 0 amide bonds. The summed E-state index contributed by atoms with van der Waals surface area (Å²) >= 11 is 0. The summed E-state index contributed by atoms with van der Waals surface area (Å²) in [4.78, 5) is -0.177. The van der Waals surface area contributed by atoms with E-state index in [1.807, 2.05) is 0 Å². The molecule has 0 aliphatic heterocycles. The monoisotopic (exact) mass is 206 g/mol. The van der Waals surface area contributed by atoms with E-state index in [9.17, 15) is 12.8 Å². The van der Waals surface area contributed by atoms with Gasteiger partial charge in [-0.05, 0) is 17.6 Å². The zero-order chi connectivity index (χ0) is 9.35. The summed E-state index contributed by atoms with van der Waals surface area (Å²) in [5.41, 5.74) is 0.0486. The van der Waals surface area contributed by atoms with Crippen LogP contribution in [0.1, 0.15) is 0 Å². The van der Waals surface area contributed by atoms with Gasteiger partial charge in [0.15, 0.2) is 0 Å². The van der Waals surface area contributed by atoms with E-state index >= 15 is 0 Å². The number of rotatable bonds is 1. The third-order valence-corrected chi connectivity index (χ3v) is 2.95. The van der Waals surface area contributed by atoms with E-state index in [1.165, 1.54) is 26.0 Å². The molecule has 0 saturated carbocycles. The lowest BCUT2D eigenvalue weighted by molar-refractivity contribution is 0.606. The summed E-state index contributed by atoms with van der Waals surface area (Å²) in [6.45, 7) is 0. The Hall–Kier alpha value is -0.545. The van der Waals surface area contributed by atoms with Gasteiger partial charge in [-0.2, -0.15) is 0 Å². The summed E-state index contributed by atoms with van der Waals surface area (Å²) in [6, 6.07) is 3.75. The predicted octanol–water partition coefficient (Wildman–Crippen LogP) is 0.0116. The van der Waals surface area contributed by atoms with Gasteiger partial charge in [0.05, 0.1) is 4.90 Å². The molecule has 0 fully saturated rings. The molecule has 0 unspecified atom stereocenters. The highest BCUT2D eigenvalue weighted by Crippen LogP contribution is 2.12. The number of hydrogen-bond donors (Lipinski definition) is 0. The zero-order valence-electron chi connectivity index (χ0n) is 6.21. The molecule has 0 aliphatic rings. The molecule has 0 radical (unpaired) electrons. The van der Waals surface area contributed by atoms with Crippen LogP contribution in [0.15, 0.2) is 23.1 Å². The molecule has 64 valence electrons. The van der Waals surface area contributed by atoms with E-state index in [0.717, 1.165) is 0 Å². The van der Waals surface area contributed by atoms with Crippen molar-refractivity contribution < 1.29 is 12.8 Å². The van der Waals surface area contributed by atoms with Crippen molar-refractivity contribution in [2.24, 2.45) is 0 Å². The minimum absolute atomic E-state index is 0.0486. The van der Waals surface area contributed by atoms with Crippen molar-refractivity contribution >= 4 is 33.0 Å². The summed E-state index contributed by atoms with van der Waals surface area (Å²) in [7, 11) is 2.58. The van der Waals surface area contributed by atoms with Crippen LogP contribution < -0.4 is 5.46 Å². The van der Waals surface area contributed by atoms with Crippen LogP contribution in [0.5, 0.6) is 0 Å². The van der Waals surface area contributed by atoms with Gasteiger partial charge in [0.25, 0.3) is 9.05 Å². The SMILES string of the molecule is Bc1c(F)cccc1S(=O)(=O)Cl. The molecule has 0 saturated heterocycles. The van der Waals surface area contributed by atoms with Crippen LogP contribution in [0.2, 0.25) is 0 Å². The molecule has 0 aliphatic carbocycles. The summed E-state index contributed by atoms with van der Waals surface area (Å²) in [5, 5.41) is 0. The molecule has 6 heteroatoms. The van der Waals surface area contributed by atoms with Crippen molar-refractivity contribution in [1.82, 2.24) is 0 Å². The Morgan fingerprint density at radius 3 is 2.42 bits per heavy atom. The Labute approximate surface area is 75.2 Å². The van der Waals surface area contributed by atoms with Gasteiger partial charge in [0.1, 0.15) is 13.7 Å². The fourth-order valence-electron chi connectivity index (χ4n) is 0.852. The van der Waals surface area contributed by atoms with E-state index in [-0.39, 0.29) is 10.4 Å². The maximum atomic E-state index is 12.8. The largest absolute Gasteiger partial charge is 0.260 e. The zero-order valence-corrected chi connectivity index (χ0v) is 7.79. The van der Waals surface area contributed by atoms with Crippen LogP contribution in [0.4, 0.5) is 4.39 Å². The van der Waals surface area contributed by atoms with Crippen molar-refractivity contribution in [3.8, 4) is 0 Å². The standard InChI is InChI=1S/C6H5BClFO2S/c7-6-4(9)2-1-3-5(6)12(8,10)11/h1-3H,7H2. The van der Waals surface area contributed by atoms with E-state index in [2.05, 4.69) is 0 Å². The van der Waals surface area contributed by atoms with Gasteiger partial charge in [0.2, 0.25) is 0 Å². The summed E-state index contributed by atoms with van der Waals surface area (Å²) in [5.74, 6) is -0.572. The smallest absolute Gasteiger partial charge is 0.208 e. The normalized spacial score (nSPS) is 11.5. The topological polar surface area (TPSA) is 34.1 Å². The summed E-state index contributed by atoms with van der Waals surface area (Å²) < 4.78 is 34.4. The van der Waals surface area contributed by atoms with E-state index in [1.54, 1.807) is 0 Å². The lowest BCUT2D eigenvalue weighted by Crippen LogP contribution is -2.16. The molecular formula is C6H5BClFO2S. The van der Waals surface area contributed by atoms with Crippen LogP contribution in [0.25, 0.3) is 0 Å². The molecule has 2 nitrogen and oxygen atoms in total. The Bertz CT molecular complexity index is 404. The van der Waals surface area contributed by atoms with Gasteiger partial charge in [-0.1, -0.05) is 6.07 Å². The van der Waals surface area contributed by atoms with E-state index in [4.69, 9.17) is 10.7 Å². The van der Waals surface area contributed by atoms with Crippen molar-refractivity contribution in [2.45, 2.75) is 4.90 Å². The highest BCUT2D eigenvalue weighted by atomic mass is 35.7. The molecule has 1 aromatic carbocycles. The van der Waals surface area contributed by atoms with Crippen LogP contribution in [-0.4, -0.2) is 16.3 Å². The third kappa shape index (κ3) is 1.79. The molecule has 1 rings (SSSR count). The second-order valence-electron chi connectivity index (χ2n) is 2.30. The van der Waals surface area contributed by atoms with Gasteiger partial charge in [-0.25, -0.2) is 12.8 Å². The number of benzene rings is 1. The fraction of sp³-hybridized carbons (Fsp3) is 0. The molecule has 0 atom stereocenters. The quantitative estimate of drug-likeness (QED) is 0.479. The minimum atomic E-state index is -3.82. The second kappa shape index (κ2) is 3.07. The van der Waals surface area contributed by atoms with Crippen LogP contribution in [0.3, 0.4) is 0 Å². The van der Waals surface area contributed by atoms with Gasteiger partial charge >= 0.3 is 0 Å². The van der Waals surface area contributed by atoms with Crippen LogP contribution >= 0.6 is 10.7 Å². The molecule has 1 aromatic rings. The number of halogens is 2. The van der Waals surface area contributed by atoms with Crippen molar-refractivity contribution in [3.63, 3.8) is 0 Å². The number of hydrogen-bond acceptors (Lipinski definition) is 2. The van der Waals surface area contributed by atoms with Gasteiger partial charge in [-0.3, -0.25) is 0 Å². The molecular weight excluding hydrogens is 201 g/mol. The van der Waals surface area contributed by atoms with Crippen molar-refractivity contribution in [3.05, 3.63) is 24.0 Å². The van der Waals surface area contributed by atoms with Gasteiger partial charge in [0, 0.05) is 10.7 Å². The molecule has 0 heterocycles. The average Bonchev–Trinajstić information content (AvgIpc) is 1.92. The Kier molecular flexibility index (Phi) is 2.44. The predicted molar refractivity (Wildman–Crippen MR) is 47.6 cm³/mol. The minimum Gasteiger partial charge on any atom is -0.208 e. The maximum Gasteiger partial charge on any atom is 0.260 e. The molecule has 0 aromatic heterocycles. The third-order valence-electron chi connectivity index (χ3n) is 1.48. The molecule has 0 N–H and O–H groups in total. The van der Waals surface area contributed by atoms with Gasteiger partial charge in [-0.15, -0.1) is 0 Å². The van der Waals surface area contributed by atoms with Crippen molar-refractivity contribution in [2.75, 3.05) is 0 Å².